The molecule has 0 N–H and O–H groups in total. The van der Waals surface area contributed by atoms with Gasteiger partial charge in [0.2, 0.25) is 0 Å². The SMILES string of the molecule is CCn1nc(C)cc1CCCC(=O)C(C)(C)C. The van der Waals surface area contributed by atoms with Gasteiger partial charge in [0.15, 0.2) is 0 Å². The van der Waals surface area contributed by atoms with E-state index in [0.717, 1.165) is 25.1 Å². The van der Waals surface area contributed by atoms with Gasteiger partial charge in [-0.15, -0.1) is 0 Å². The first-order valence-electron chi connectivity index (χ1n) is 6.41. The quantitative estimate of drug-likeness (QED) is 0.787. The molecule has 3 heteroatoms. The third kappa shape index (κ3) is 3.99. The lowest BCUT2D eigenvalue weighted by Gasteiger charge is -2.16. The van der Waals surface area contributed by atoms with Gasteiger partial charge < -0.3 is 0 Å². The van der Waals surface area contributed by atoms with E-state index >= 15 is 0 Å². The highest BCUT2D eigenvalue weighted by Gasteiger charge is 2.20. The van der Waals surface area contributed by atoms with Gasteiger partial charge in [0.1, 0.15) is 5.78 Å². The van der Waals surface area contributed by atoms with Crippen molar-refractivity contribution >= 4 is 5.78 Å². The van der Waals surface area contributed by atoms with Gasteiger partial charge >= 0.3 is 0 Å². The van der Waals surface area contributed by atoms with E-state index in [4.69, 9.17) is 0 Å². The zero-order valence-corrected chi connectivity index (χ0v) is 11.7. The van der Waals surface area contributed by atoms with Gasteiger partial charge in [-0.2, -0.15) is 5.10 Å². The van der Waals surface area contributed by atoms with E-state index < -0.39 is 0 Å². The number of aryl methyl sites for hydroxylation is 3. The number of nitrogens with zero attached hydrogens (tertiary/aromatic N) is 2. The van der Waals surface area contributed by atoms with E-state index in [0.29, 0.717) is 12.2 Å². The van der Waals surface area contributed by atoms with Crippen molar-refractivity contribution in [2.24, 2.45) is 5.41 Å². The number of Topliss-reactive ketones (excluding diaryl/α,β-unsaturated/α-hetero) is 1. The molecule has 0 aliphatic carbocycles. The number of carbonyl (C=O) groups is 1. The van der Waals surface area contributed by atoms with E-state index in [1.54, 1.807) is 0 Å². The Morgan fingerprint density at radius 2 is 2.06 bits per heavy atom. The summed E-state index contributed by atoms with van der Waals surface area (Å²) in [6.45, 7) is 10.9. The Morgan fingerprint density at radius 1 is 1.41 bits per heavy atom. The molecule has 0 radical (unpaired) electrons. The summed E-state index contributed by atoms with van der Waals surface area (Å²) >= 11 is 0. The summed E-state index contributed by atoms with van der Waals surface area (Å²) < 4.78 is 2.02. The minimum Gasteiger partial charge on any atom is -0.299 e. The zero-order valence-electron chi connectivity index (χ0n) is 11.7. The molecule has 1 aromatic heterocycles. The molecule has 1 heterocycles. The van der Waals surface area contributed by atoms with Crippen LogP contribution in [0, 0.1) is 12.3 Å². The number of rotatable bonds is 5. The molecule has 0 spiro atoms. The lowest BCUT2D eigenvalue weighted by molar-refractivity contribution is -0.126. The molecule has 0 amide bonds. The van der Waals surface area contributed by atoms with Crippen molar-refractivity contribution in [3.8, 4) is 0 Å². The molecule has 0 saturated carbocycles. The highest BCUT2D eigenvalue weighted by molar-refractivity contribution is 5.83. The van der Waals surface area contributed by atoms with Crippen molar-refractivity contribution in [2.45, 2.75) is 60.4 Å². The van der Waals surface area contributed by atoms with Crippen LogP contribution in [0.5, 0.6) is 0 Å². The molecule has 1 rings (SSSR count). The average molecular weight is 236 g/mol. The molecule has 0 aliphatic rings. The topological polar surface area (TPSA) is 34.9 Å². The van der Waals surface area contributed by atoms with Gasteiger partial charge in [-0.3, -0.25) is 9.48 Å². The molecule has 1 aromatic rings. The van der Waals surface area contributed by atoms with E-state index in [2.05, 4.69) is 18.1 Å². The lowest BCUT2D eigenvalue weighted by atomic mass is 9.88. The van der Waals surface area contributed by atoms with E-state index in [9.17, 15) is 4.79 Å². The summed E-state index contributed by atoms with van der Waals surface area (Å²) in [5, 5.41) is 4.41. The van der Waals surface area contributed by atoms with Gasteiger partial charge in [-0.1, -0.05) is 20.8 Å². The molecule has 0 fully saturated rings. The fraction of sp³-hybridized carbons (Fsp3) is 0.714. The molecule has 17 heavy (non-hydrogen) atoms. The van der Waals surface area contributed by atoms with Crippen LogP contribution in [0.25, 0.3) is 0 Å². The van der Waals surface area contributed by atoms with Crippen LogP contribution in [0.3, 0.4) is 0 Å². The molecule has 0 saturated heterocycles. The van der Waals surface area contributed by atoms with Crippen LogP contribution < -0.4 is 0 Å². The van der Waals surface area contributed by atoms with Crippen LogP contribution in [0.2, 0.25) is 0 Å². The third-order valence-corrected chi connectivity index (χ3v) is 2.96. The van der Waals surface area contributed by atoms with Crippen molar-refractivity contribution in [1.29, 1.82) is 0 Å². The second-order valence-electron chi connectivity index (χ2n) is 5.62. The van der Waals surface area contributed by atoms with Crippen molar-refractivity contribution < 1.29 is 4.79 Å². The highest BCUT2D eigenvalue weighted by Crippen LogP contribution is 2.18. The average Bonchev–Trinajstić information content (AvgIpc) is 2.57. The number of hydrogen-bond donors (Lipinski definition) is 0. The highest BCUT2D eigenvalue weighted by atomic mass is 16.1. The van der Waals surface area contributed by atoms with Crippen molar-refractivity contribution in [3.05, 3.63) is 17.5 Å². The van der Waals surface area contributed by atoms with Gasteiger partial charge in [0, 0.05) is 24.1 Å². The van der Waals surface area contributed by atoms with Gasteiger partial charge in [-0.05, 0) is 32.8 Å². The smallest absolute Gasteiger partial charge is 0.138 e. The molecule has 0 atom stereocenters. The maximum Gasteiger partial charge on any atom is 0.138 e. The Morgan fingerprint density at radius 3 is 2.59 bits per heavy atom. The van der Waals surface area contributed by atoms with Crippen LogP contribution in [0.1, 0.15) is 51.9 Å². The first-order chi connectivity index (χ1) is 7.84. The van der Waals surface area contributed by atoms with Crippen LogP contribution in [-0.4, -0.2) is 15.6 Å². The Hall–Kier alpha value is -1.12. The fourth-order valence-corrected chi connectivity index (χ4v) is 1.88. The van der Waals surface area contributed by atoms with Gasteiger partial charge in [0.05, 0.1) is 5.69 Å². The van der Waals surface area contributed by atoms with E-state index in [1.807, 2.05) is 32.4 Å². The van der Waals surface area contributed by atoms with Gasteiger partial charge in [0.25, 0.3) is 0 Å². The van der Waals surface area contributed by atoms with Gasteiger partial charge in [-0.25, -0.2) is 0 Å². The Bertz CT molecular complexity index is 385. The van der Waals surface area contributed by atoms with E-state index in [1.165, 1.54) is 5.69 Å². The predicted octanol–water partition coefficient (Wildman–Crippen LogP) is 3.15. The Labute approximate surface area is 104 Å². The first-order valence-corrected chi connectivity index (χ1v) is 6.41. The molecule has 0 aromatic carbocycles. The maximum absolute atomic E-state index is 11.8. The second kappa shape index (κ2) is 5.48. The monoisotopic (exact) mass is 236 g/mol. The minimum absolute atomic E-state index is 0.207. The van der Waals surface area contributed by atoms with E-state index in [-0.39, 0.29) is 5.41 Å². The molecular weight excluding hydrogens is 212 g/mol. The first kappa shape index (κ1) is 13.9. The molecule has 0 unspecified atom stereocenters. The standard InChI is InChI=1S/C14H24N2O/c1-6-16-12(10-11(2)15-16)8-7-9-13(17)14(3,4)5/h10H,6-9H2,1-5H3. The summed E-state index contributed by atoms with van der Waals surface area (Å²) in [4.78, 5) is 11.8. The largest absolute Gasteiger partial charge is 0.299 e. The molecule has 0 aliphatic heterocycles. The molecule has 3 nitrogen and oxygen atoms in total. The number of aromatic nitrogens is 2. The maximum atomic E-state index is 11.8. The van der Waals surface area contributed by atoms with Crippen LogP contribution in [-0.2, 0) is 17.8 Å². The predicted molar refractivity (Wildman–Crippen MR) is 70.0 cm³/mol. The van der Waals surface area contributed by atoms with Crippen molar-refractivity contribution in [2.75, 3.05) is 0 Å². The summed E-state index contributed by atoms with van der Waals surface area (Å²) in [7, 11) is 0. The normalized spacial score (nSPS) is 11.8. The summed E-state index contributed by atoms with van der Waals surface area (Å²) in [6.07, 6.45) is 2.52. The van der Waals surface area contributed by atoms with Crippen molar-refractivity contribution in [1.82, 2.24) is 9.78 Å². The zero-order chi connectivity index (χ0) is 13.1. The summed E-state index contributed by atoms with van der Waals surface area (Å²) in [5.74, 6) is 0.344. The van der Waals surface area contributed by atoms with Crippen LogP contribution in [0.15, 0.2) is 6.07 Å². The number of ketones is 1. The lowest BCUT2D eigenvalue weighted by Crippen LogP contribution is -2.20. The molecular formula is C14H24N2O. The van der Waals surface area contributed by atoms with Crippen LogP contribution in [0.4, 0.5) is 0 Å². The summed E-state index contributed by atoms with van der Waals surface area (Å²) in [5.41, 5.74) is 2.09. The van der Waals surface area contributed by atoms with Crippen LogP contribution >= 0.6 is 0 Å². The second-order valence-corrected chi connectivity index (χ2v) is 5.62. The number of hydrogen-bond acceptors (Lipinski definition) is 2. The van der Waals surface area contributed by atoms with Crippen molar-refractivity contribution in [3.63, 3.8) is 0 Å². The minimum atomic E-state index is -0.207. The Balaban J connectivity index is 2.48. The summed E-state index contributed by atoms with van der Waals surface area (Å²) in [6, 6.07) is 2.12. The molecule has 0 bridgehead atoms. The molecule has 96 valence electrons. The fourth-order valence-electron chi connectivity index (χ4n) is 1.88. The Kier molecular flexibility index (Phi) is 4.49. The number of carbonyl (C=O) groups excluding carboxylic acids is 1. The third-order valence-electron chi connectivity index (χ3n) is 2.96.